The Labute approximate surface area is 107 Å². The minimum absolute atomic E-state index is 0.00690. The fourth-order valence-electron chi connectivity index (χ4n) is 2.40. The topological polar surface area (TPSA) is 77.8 Å². The van der Waals surface area contributed by atoms with Gasteiger partial charge in [-0.1, -0.05) is 6.07 Å². The van der Waals surface area contributed by atoms with Crippen molar-refractivity contribution < 1.29 is 28.6 Å². The summed E-state index contributed by atoms with van der Waals surface area (Å²) < 4.78 is 26.5. The molecule has 2 rings (SSSR count). The van der Waals surface area contributed by atoms with Crippen LogP contribution in [-0.2, 0) is 4.79 Å². The molecular formula is C12H11F2NO4. The van der Waals surface area contributed by atoms with E-state index in [0.717, 1.165) is 12.1 Å². The highest BCUT2D eigenvalue weighted by Crippen LogP contribution is 2.37. The molecule has 0 saturated carbocycles. The van der Waals surface area contributed by atoms with E-state index in [0.29, 0.717) is 11.0 Å². The van der Waals surface area contributed by atoms with Crippen LogP contribution in [0, 0.1) is 11.6 Å². The maximum absolute atomic E-state index is 13.7. The number of benzene rings is 1. The van der Waals surface area contributed by atoms with Gasteiger partial charge in [-0.25, -0.2) is 18.4 Å². The lowest BCUT2D eigenvalue weighted by Gasteiger charge is -2.25. The third-order valence-corrected chi connectivity index (χ3v) is 3.21. The number of likely N-dealkylation sites (tertiary alicyclic amines) is 1. The molecule has 1 saturated heterocycles. The Balaban J connectivity index is 2.38. The molecule has 0 aromatic heterocycles. The van der Waals surface area contributed by atoms with Crippen molar-refractivity contribution in [2.45, 2.75) is 24.9 Å². The largest absolute Gasteiger partial charge is 0.480 e. The number of aliphatic carboxylic acids is 1. The summed E-state index contributed by atoms with van der Waals surface area (Å²) in [6.07, 6.45) is -1.15. The van der Waals surface area contributed by atoms with Crippen LogP contribution >= 0.6 is 0 Å². The van der Waals surface area contributed by atoms with Crippen molar-refractivity contribution in [3.8, 4) is 0 Å². The van der Waals surface area contributed by atoms with E-state index in [1.54, 1.807) is 0 Å². The molecule has 0 radical (unpaired) electrons. The molecule has 19 heavy (non-hydrogen) atoms. The van der Waals surface area contributed by atoms with E-state index in [9.17, 15) is 18.4 Å². The number of nitrogens with zero attached hydrogens (tertiary/aromatic N) is 1. The zero-order valence-corrected chi connectivity index (χ0v) is 9.72. The van der Waals surface area contributed by atoms with Crippen molar-refractivity contribution >= 4 is 12.1 Å². The number of amides is 1. The molecule has 5 nitrogen and oxygen atoms in total. The first-order valence-electron chi connectivity index (χ1n) is 5.61. The van der Waals surface area contributed by atoms with Gasteiger partial charge in [-0.2, -0.15) is 0 Å². The minimum Gasteiger partial charge on any atom is -0.480 e. The Bertz CT molecular complexity index is 534. The molecule has 1 aliphatic heterocycles. The van der Waals surface area contributed by atoms with Crippen LogP contribution in [0.4, 0.5) is 13.6 Å². The van der Waals surface area contributed by atoms with Gasteiger partial charge in [0.25, 0.3) is 0 Å². The number of carboxylic acid groups (broad SMARTS) is 2. The Morgan fingerprint density at radius 3 is 2.42 bits per heavy atom. The molecule has 1 aromatic rings. The summed E-state index contributed by atoms with van der Waals surface area (Å²) >= 11 is 0. The van der Waals surface area contributed by atoms with Gasteiger partial charge < -0.3 is 10.2 Å². The SMILES string of the molecule is O=C(O)[C@H]1CC[C@@H](c2ccc(F)cc2F)N1C(=O)O. The Morgan fingerprint density at radius 2 is 1.89 bits per heavy atom. The fourth-order valence-corrected chi connectivity index (χ4v) is 2.40. The predicted octanol–water partition coefficient (Wildman–Crippen LogP) is 2.23. The van der Waals surface area contributed by atoms with Crippen molar-refractivity contribution in [3.05, 3.63) is 35.4 Å². The molecular weight excluding hydrogens is 260 g/mol. The number of halogens is 2. The normalized spacial score (nSPS) is 22.5. The summed E-state index contributed by atoms with van der Waals surface area (Å²) in [4.78, 5) is 22.8. The number of rotatable bonds is 2. The zero-order valence-electron chi connectivity index (χ0n) is 9.72. The van der Waals surface area contributed by atoms with Crippen LogP contribution in [0.2, 0.25) is 0 Å². The lowest BCUT2D eigenvalue weighted by atomic mass is 10.0. The fraction of sp³-hybridized carbons (Fsp3) is 0.333. The standard InChI is InChI=1S/C12H11F2NO4/c13-6-1-2-7(8(14)5-6)9-3-4-10(11(16)17)15(9)12(18)19/h1-2,5,9-10H,3-4H2,(H,16,17)(H,18,19)/t9-,10+/m0/s1. The lowest BCUT2D eigenvalue weighted by molar-refractivity contribution is -0.142. The predicted molar refractivity (Wildman–Crippen MR) is 59.6 cm³/mol. The Morgan fingerprint density at radius 1 is 1.21 bits per heavy atom. The van der Waals surface area contributed by atoms with Crippen LogP contribution in [0.5, 0.6) is 0 Å². The lowest BCUT2D eigenvalue weighted by Crippen LogP contribution is -2.41. The smallest absolute Gasteiger partial charge is 0.408 e. The van der Waals surface area contributed by atoms with Gasteiger partial charge in [0.2, 0.25) is 0 Å². The van der Waals surface area contributed by atoms with E-state index < -0.39 is 35.8 Å². The Hall–Kier alpha value is -2.18. The first-order valence-corrected chi connectivity index (χ1v) is 5.61. The minimum atomic E-state index is -1.43. The van der Waals surface area contributed by atoms with E-state index in [2.05, 4.69) is 0 Å². The third-order valence-electron chi connectivity index (χ3n) is 3.21. The van der Waals surface area contributed by atoms with Gasteiger partial charge in [0, 0.05) is 11.6 Å². The summed E-state index contributed by atoms with van der Waals surface area (Å²) in [6, 6.07) is 0.719. The monoisotopic (exact) mass is 271 g/mol. The van der Waals surface area contributed by atoms with Crippen molar-refractivity contribution in [2.24, 2.45) is 0 Å². The van der Waals surface area contributed by atoms with Gasteiger partial charge in [0.15, 0.2) is 0 Å². The number of carboxylic acids is 1. The van der Waals surface area contributed by atoms with E-state index >= 15 is 0 Å². The molecule has 2 atom stereocenters. The third kappa shape index (κ3) is 2.35. The van der Waals surface area contributed by atoms with Crippen molar-refractivity contribution in [3.63, 3.8) is 0 Å². The molecule has 1 heterocycles. The maximum atomic E-state index is 13.7. The molecule has 0 aliphatic carbocycles. The van der Waals surface area contributed by atoms with Crippen molar-refractivity contribution in [2.75, 3.05) is 0 Å². The van der Waals surface area contributed by atoms with Crippen molar-refractivity contribution in [1.29, 1.82) is 0 Å². The van der Waals surface area contributed by atoms with Gasteiger partial charge in [-0.15, -0.1) is 0 Å². The number of hydrogen-bond donors (Lipinski definition) is 2. The van der Waals surface area contributed by atoms with Crippen LogP contribution in [0.3, 0.4) is 0 Å². The molecule has 0 unspecified atom stereocenters. The second-order valence-corrected chi connectivity index (χ2v) is 4.30. The summed E-state index contributed by atoms with van der Waals surface area (Å²) in [5, 5.41) is 18.0. The molecule has 1 aromatic carbocycles. The van der Waals surface area contributed by atoms with Gasteiger partial charge in [-0.05, 0) is 18.9 Å². The van der Waals surface area contributed by atoms with E-state index in [1.807, 2.05) is 0 Å². The average Bonchev–Trinajstić information content (AvgIpc) is 2.73. The first kappa shape index (κ1) is 13.3. The average molecular weight is 271 g/mol. The molecule has 0 spiro atoms. The Kier molecular flexibility index (Phi) is 3.37. The molecule has 1 fully saturated rings. The molecule has 2 N–H and O–H groups in total. The molecule has 7 heteroatoms. The summed E-state index contributed by atoms with van der Waals surface area (Å²) in [5.74, 6) is -2.91. The van der Waals surface area contributed by atoms with Gasteiger partial charge in [0.05, 0.1) is 6.04 Å². The van der Waals surface area contributed by atoms with E-state index in [1.165, 1.54) is 0 Å². The van der Waals surface area contributed by atoms with Crippen LogP contribution < -0.4 is 0 Å². The second-order valence-electron chi connectivity index (χ2n) is 4.30. The van der Waals surface area contributed by atoms with Crippen molar-refractivity contribution in [1.82, 2.24) is 4.90 Å². The van der Waals surface area contributed by atoms with Crippen LogP contribution in [-0.4, -0.2) is 33.2 Å². The first-order chi connectivity index (χ1) is 8.91. The summed E-state index contributed by atoms with van der Waals surface area (Å²) in [7, 11) is 0. The molecule has 1 aliphatic rings. The van der Waals surface area contributed by atoms with E-state index in [4.69, 9.17) is 10.2 Å². The highest BCUT2D eigenvalue weighted by Gasteiger charge is 2.42. The van der Waals surface area contributed by atoms with E-state index in [-0.39, 0.29) is 18.4 Å². The van der Waals surface area contributed by atoms with Crippen LogP contribution in [0.15, 0.2) is 18.2 Å². The molecule has 1 amide bonds. The molecule has 102 valence electrons. The van der Waals surface area contributed by atoms with Crippen LogP contribution in [0.1, 0.15) is 24.4 Å². The summed E-state index contributed by atoms with van der Waals surface area (Å²) in [5.41, 5.74) is -0.00690. The van der Waals surface area contributed by atoms with Crippen LogP contribution in [0.25, 0.3) is 0 Å². The van der Waals surface area contributed by atoms with Gasteiger partial charge >= 0.3 is 12.1 Å². The second kappa shape index (κ2) is 4.83. The highest BCUT2D eigenvalue weighted by molar-refractivity contribution is 5.80. The number of hydrogen-bond acceptors (Lipinski definition) is 2. The summed E-state index contributed by atoms with van der Waals surface area (Å²) in [6.45, 7) is 0. The number of carbonyl (C=O) groups is 2. The highest BCUT2D eigenvalue weighted by atomic mass is 19.1. The zero-order chi connectivity index (χ0) is 14.2. The maximum Gasteiger partial charge on any atom is 0.408 e. The quantitative estimate of drug-likeness (QED) is 0.864. The van der Waals surface area contributed by atoms with Gasteiger partial charge in [-0.3, -0.25) is 4.90 Å². The molecule has 0 bridgehead atoms. The van der Waals surface area contributed by atoms with Gasteiger partial charge in [0.1, 0.15) is 17.7 Å².